The van der Waals surface area contributed by atoms with Crippen LogP contribution in [0.1, 0.15) is 18.9 Å². The Bertz CT molecular complexity index is 1270. The minimum atomic E-state index is -4.43. The Hall–Kier alpha value is -2.70. The lowest BCUT2D eigenvalue weighted by molar-refractivity contribution is -0.137. The number of rotatable bonds is 5. The van der Waals surface area contributed by atoms with Crippen molar-refractivity contribution in [1.29, 1.82) is 0 Å². The second kappa shape index (κ2) is 8.44. The smallest absolute Gasteiger partial charge is 0.384 e. The third-order valence-electron chi connectivity index (χ3n) is 4.86. The van der Waals surface area contributed by atoms with Crippen molar-refractivity contribution in [2.75, 3.05) is 17.2 Å². The summed E-state index contributed by atoms with van der Waals surface area (Å²) < 4.78 is 39.9. The maximum Gasteiger partial charge on any atom is 0.416 e. The van der Waals surface area contributed by atoms with Gasteiger partial charge in [0.25, 0.3) is 0 Å². The second-order valence-corrected chi connectivity index (χ2v) is 7.94. The van der Waals surface area contributed by atoms with Crippen molar-refractivity contribution in [2.24, 2.45) is 0 Å². The van der Waals surface area contributed by atoms with Crippen molar-refractivity contribution in [1.82, 2.24) is 4.98 Å². The van der Waals surface area contributed by atoms with E-state index in [1.807, 2.05) is 25.1 Å². The Morgan fingerprint density at radius 3 is 2.16 bits per heavy atom. The van der Waals surface area contributed by atoms with Crippen LogP contribution < -0.4 is 10.6 Å². The van der Waals surface area contributed by atoms with E-state index in [2.05, 4.69) is 15.6 Å². The van der Waals surface area contributed by atoms with Crippen LogP contribution in [0.5, 0.6) is 0 Å². The molecule has 0 aliphatic heterocycles. The van der Waals surface area contributed by atoms with Crippen LogP contribution >= 0.6 is 23.2 Å². The molecule has 8 heteroatoms. The molecule has 1 aromatic heterocycles. The number of nitrogens with zero attached hydrogens (tertiary/aromatic N) is 1. The van der Waals surface area contributed by atoms with E-state index < -0.39 is 11.7 Å². The number of hydrogen-bond donors (Lipinski definition) is 2. The summed E-state index contributed by atoms with van der Waals surface area (Å²) in [6.07, 6.45) is -3.60. The first-order valence-electron chi connectivity index (χ1n) is 9.67. The molecule has 31 heavy (non-hydrogen) atoms. The lowest BCUT2D eigenvalue weighted by Gasteiger charge is -2.16. The molecule has 160 valence electrons. The van der Waals surface area contributed by atoms with Crippen LogP contribution in [0.25, 0.3) is 21.8 Å². The number of anilines is 3. The molecule has 0 saturated heterocycles. The highest BCUT2D eigenvalue weighted by Crippen LogP contribution is 2.37. The molecule has 4 rings (SSSR count). The first-order valence-corrected chi connectivity index (χ1v) is 10.4. The highest BCUT2D eigenvalue weighted by molar-refractivity contribution is 6.42. The zero-order valence-corrected chi connectivity index (χ0v) is 18.0. The van der Waals surface area contributed by atoms with Crippen LogP contribution in [0.3, 0.4) is 0 Å². The van der Waals surface area contributed by atoms with Gasteiger partial charge in [-0.3, -0.25) is 0 Å². The van der Waals surface area contributed by atoms with Crippen LogP contribution in [0, 0.1) is 0 Å². The van der Waals surface area contributed by atoms with Crippen molar-refractivity contribution in [3.8, 4) is 0 Å². The largest absolute Gasteiger partial charge is 0.416 e. The molecule has 3 aromatic carbocycles. The lowest BCUT2D eigenvalue weighted by atomic mass is 10.0. The number of aromatic nitrogens is 1. The Morgan fingerprint density at radius 2 is 1.48 bits per heavy atom. The molecule has 0 aliphatic carbocycles. The Morgan fingerprint density at radius 1 is 0.839 bits per heavy atom. The third kappa shape index (κ3) is 4.50. The predicted molar refractivity (Wildman–Crippen MR) is 123 cm³/mol. The summed E-state index contributed by atoms with van der Waals surface area (Å²) in [5.41, 5.74) is 2.61. The molecule has 0 saturated carbocycles. The van der Waals surface area contributed by atoms with Crippen LogP contribution in [0.2, 0.25) is 10.0 Å². The summed E-state index contributed by atoms with van der Waals surface area (Å²) in [4.78, 5) is 4.57. The number of alkyl halides is 3. The van der Waals surface area contributed by atoms with Crippen LogP contribution in [0.15, 0.2) is 54.6 Å². The van der Waals surface area contributed by atoms with Crippen LogP contribution in [-0.2, 0) is 6.18 Å². The molecule has 0 unspecified atom stereocenters. The molecule has 0 bridgehead atoms. The fraction of sp³-hybridized carbons (Fsp3) is 0.174. The first kappa shape index (κ1) is 21.5. The van der Waals surface area contributed by atoms with Gasteiger partial charge in [-0.2, -0.15) is 13.2 Å². The molecular formula is C23H18Cl2F3N3. The standard InChI is InChI=1S/C23H18Cl2F3N3/c1-2-9-29-22-16-10-13(23(26,27)28)3-7-20(16)31-21-8-5-14(11-17(21)22)30-15-4-6-18(24)19(25)12-15/h3-8,10-12,30H,2,9H2,1H3,(H,29,31). The minimum absolute atomic E-state index is 0.421. The quantitative estimate of drug-likeness (QED) is 0.292. The average Bonchev–Trinajstić information content (AvgIpc) is 2.73. The van der Waals surface area contributed by atoms with E-state index in [1.165, 1.54) is 6.07 Å². The van der Waals surface area contributed by atoms with Gasteiger partial charge in [-0.05, 0) is 61.0 Å². The van der Waals surface area contributed by atoms with Gasteiger partial charge in [0.1, 0.15) is 0 Å². The van der Waals surface area contributed by atoms with E-state index in [0.717, 1.165) is 35.3 Å². The van der Waals surface area contributed by atoms with Crippen molar-refractivity contribution in [3.05, 3.63) is 70.2 Å². The van der Waals surface area contributed by atoms with Gasteiger partial charge in [-0.15, -0.1) is 0 Å². The van der Waals surface area contributed by atoms with Gasteiger partial charge in [0.15, 0.2) is 0 Å². The monoisotopic (exact) mass is 463 g/mol. The zero-order chi connectivity index (χ0) is 22.2. The van der Waals surface area contributed by atoms with E-state index in [9.17, 15) is 13.2 Å². The maximum absolute atomic E-state index is 13.3. The number of nitrogens with one attached hydrogen (secondary N) is 2. The number of hydrogen-bond acceptors (Lipinski definition) is 3. The fourth-order valence-electron chi connectivity index (χ4n) is 3.38. The number of pyridine rings is 1. The number of fused-ring (bicyclic) bond motifs is 2. The van der Waals surface area contributed by atoms with Crippen molar-refractivity contribution in [3.63, 3.8) is 0 Å². The average molecular weight is 464 g/mol. The second-order valence-electron chi connectivity index (χ2n) is 7.13. The molecule has 0 amide bonds. The van der Waals surface area contributed by atoms with E-state index in [0.29, 0.717) is 38.7 Å². The van der Waals surface area contributed by atoms with Crippen LogP contribution in [0.4, 0.5) is 30.2 Å². The minimum Gasteiger partial charge on any atom is -0.384 e. The summed E-state index contributed by atoms with van der Waals surface area (Å²) in [7, 11) is 0. The number of benzene rings is 3. The zero-order valence-electron chi connectivity index (χ0n) is 16.4. The molecule has 0 atom stereocenters. The van der Waals surface area contributed by atoms with Crippen LogP contribution in [-0.4, -0.2) is 11.5 Å². The molecule has 0 spiro atoms. The van der Waals surface area contributed by atoms with Crippen molar-refractivity contribution < 1.29 is 13.2 Å². The molecule has 2 N–H and O–H groups in total. The van der Waals surface area contributed by atoms with Crippen molar-refractivity contribution >= 4 is 62.1 Å². The summed E-state index contributed by atoms with van der Waals surface area (Å²) in [5.74, 6) is 0. The highest BCUT2D eigenvalue weighted by atomic mass is 35.5. The fourth-order valence-corrected chi connectivity index (χ4v) is 3.68. The lowest BCUT2D eigenvalue weighted by Crippen LogP contribution is -2.06. The molecule has 0 radical (unpaired) electrons. The van der Waals surface area contributed by atoms with Gasteiger partial charge < -0.3 is 10.6 Å². The highest BCUT2D eigenvalue weighted by Gasteiger charge is 2.31. The van der Waals surface area contributed by atoms with Gasteiger partial charge >= 0.3 is 6.18 Å². The maximum atomic E-state index is 13.3. The topological polar surface area (TPSA) is 37.0 Å². The Kier molecular flexibility index (Phi) is 5.86. The van der Waals surface area contributed by atoms with Crippen molar-refractivity contribution in [2.45, 2.75) is 19.5 Å². The summed E-state index contributed by atoms with van der Waals surface area (Å²) in [5, 5.41) is 8.58. The first-order chi connectivity index (χ1) is 14.8. The van der Waals surface area contributed by atoms with E-state index in [1.54, 1.807) is 18.2 Å². The van der Waals surface area contributed by atoms with Gasteiger partial charge in [0, 0.05) is 28.7 Å². The van der Waals surface area contributed by atoms with E-state index in [4.69, 9.17) is 23.2 Å². The third-order valence-corrected chi connectivity index (χ3v) is 5.60. The summed E-state index contributed by atoms with van der Waals surface area (Å²) in [6.45, 7) is 2.62. The summed E-state index contributed by atoms with van der Waals surface area (Å²) in [6, 6.07) is 14.4. The van der Waals surface area contributed by atoms with Gasteiger partial charge in [-0.25, -0.2) is 4.98 Å². The molecule has 3 nitrogen and oxygen atoms in total. The van der Waals surface area contributed by atoms with E-state index >= 15 is 0 Å². The molecular weight excluding hydrogens is 446 g/mol. The molecule has 0 aliphatic rings. The van der Waals surface area contributed by atoms with Gasteiger partial charge in [0.05, 0.1) is 32.3 Å². The molecule has 1 heterocycles. The van der Waals surface area contributed by atoms with E-state index in [-0.39, 0.29) is 0 Å². The summed E-state index contributed by atoms with van der Waals surface area (Å²) >= 11 is 12.1. The number of halogens is 5. The normalized spacial score (nSPS) is 11.8. The SMILES string of the molecule is CCCNc1c2cc(Nc3ccc(Cl)c(Cl)c3)ccc2nc2ccc(C(F)(F)F)cc12. The Balaban J connectivity index is 1.86. The predicted octanol–water partition coefficient (Wildman–Crippen LogP) is 8.28. The van der Waals surface area contributed by atoms with Gasteiger partial charge in [-0.1, -0.05) is 30.1 Å². The Labute approximate surface area is 187 Å². The molecule has 4 aromatic rings. The van der Waals surface area contributed by atoms with Gasteiger partial charge in [0.2, 0.25) is 0 Å². The molecule has 0 fully saturated rings.